The molecule has 1 aromatic rings. The van der Waals surface area contributed by atoms with Crippen molar-refractivity contribution in [2.24, 2.45) is 0 Å². The number of ether oxygens (including phenoxy) is 1. The molecule has 0 aliphatic carbocycles. The second-order valence-corrected chi connectivity index (χ2v) is 3.83. The van der Waals surface area contributed by atoms with Gasteiger partial charge >= 0.3 is 0 Å². The Morgan fingerprint density at radius 3 is 2.80 bits per heavy atom. The summed E-state index contributed by atoms with van der Waals surface area (Å²) in [6.07, 6.45) is 0. The number of hydrogen-bond acceptors (Lipinski definition) is 2. The first-order chi connectivity index (χ1) is 7.25. The Labute approximate surface area is 89.7 Å². The Morgan fingerprint density at radius 1 is 1.40 bits per heavy atom. The third-order valence-electron chi connectivity index (χ3n) is 2.65. The monoisotopic (exact) mass is 208 g/mol. The van der Waals surface area contributed by atoms with Gasteiger partial charge in [0.1, 0.15) is 5.82 Å². The molecule has 0 spiro atoms. The van der Waals surface area contributed by atoms with E-state index < -0.39 is 0 Å². The molecule has 2 rings (SSSR count). The summed E-state index contributed by atoms with van der Waals surface area (Å²) in [6.45, 7) is 7.17. The van der Waals surface area contributed by atoms with E-state index in [1.807, 2.05) is 12.1 Å². The van der Waals surface area contributed by atoms with Gasteiger partial charge in [-0.25, -0.2) is 4.39 Å². The highest BCUT2D eigenvalue weighted by atomic mass is 19.1. The third kappa shape index (κ3) is 2.76. The highest BCUT2D eigenvalue weighted by Crippen LogP contribution is 2.12. The Balaban J connectivity index is 1.98. The highest BCUT2D eigenvalue weighted by molar-refractivity contribution is 5.16. The first-order valence-electron chi connectivity index (χ1n) is 5.15. The molecule has 0 N–H and O–H groups in total. The van der Waals surface area contributed by atoms with Crippen LogP contribution in [0.25, 0.3) is 0 Å². The van der Waals surface area contributed by atoms with Gasteiger partial charge in [-0.3, -0.25) is 4.90 Å². The Kier molecular flexibility index (Phi) is 3.34. The number of hydrogen-bond donors (Lipinski definition) is 0. The molecule has 0 aromatic heterocycles. The quantitative estimate of drug-likeness (QED) is 0.735. The number of halogens is 1. The van der Waals surface area contributed by atoms with Gasteiger partial charge in [0.15, 0.2) is 0 Å². The lowest BCUT2D eigenvalue weighted by molar-refractivity contribution is 0.00514. The molecule has 1 aromatic carbocycles. The summed E-state index contributed by atoms with van der Waals surface area (Å²) < 4.78 is 18.0. The van der Waals surface area contributed by atoms with E-state index in [0.29, 0.717) is 6.61 Å². The summed E-state index contributed by atoms with van der Waals surface area (Å²) in [6, 6.07) is 6.82. The summed E-state index contributed by atoms with van der Waals surface area (Å²) in [5, 5.41) is 0. The van der Waals surface area contributed by atoms with Crippen LogP contribution in [0.4, 0.5) is 4.39 Å². The first kappa shape index (κ1) is 10.6. The fraction of sp³-hybridized carbons (Fsp3) is 0.417. The molecule has 1 heterocycles. The van der Waals surface area contributed by atoms with E-state index >= 15 is 0 Å². The molecule has 1 radical (unpaired) electrons. The van der Waals surface area contributed by atoms with Gasteiger partial charge in [-0.1, -0.05) is 12.1 Å². The number of rotatable bonds is 2. The summed E-state index contributed by atoms with van der Waals surface area (Å²) in [5.41, 5.74) is 1.12. The van der Waals surface area contributed by atoms with E-state index in [-0.39, 0.29) is 11.9 Å². The molecule has 0 amide bonds. The second-order valence-electron chi connectivity index (χ2n) is 3.83. The molecule has 0 saturated carbocycles. The van der Waals surface area contributed by atoms with E-state index in [4.69, 9.17) is 4.74 Å². The van der Waals surface area contributed by atoms with Gasteiger partial charge < -0.3 is 4.74 Å². The van der Waals surface area contributed by atoms with Gasteiger partial charge in [0.25, 0.3) is 0 Å². The van der Waals surface area contributed by atoms with Crippen LogP contribution in [0, 0.1) is 12.7 Å². The minimum atomic E-state index is -0.188. The van der Waals surface area contributed by atoms with Crippen LogP contribution < -0.4 is 0 Å². The molecular formula is C12H15FNO. The lowest BCUT2D eigenvalue weighted by Crippen LogP contribution is -2.43. The van der Waals surface area contributed by atoms with E-state index in [9.17, 15) is 4.39 Å². The molecule has 1 atom stereocenters. The largest absolute Gasteiger partial charge is 0.378 e. The van der Waals surface area contributed by atoms with Crippen molar-refractivity contribution in [3.05, 3.63) is 42.6 Å². The Morgan fingerprint density at radius 2 is 2.13 bits per heavy atom. The van der Waals surface area contributed by atoms with Crippen LogP contribution in [0.5, 0.6) is 0 Å². The molecular weight excluding hydrogens is 193 g/mol. The Bertz CT molecular complexity index is 312. The van der Waals surface area contributed by atoms with Crippen molar-refractivity contribution in [3.63, 3.8) is 0 Å². The second kappa shape index (κ2) is 4.73. The van der Waals surface area contributed by atoms with Crippen molar-refractivity contribution in [2.75, 3.05) is 19.8 Å². The fourth-order valence-electron chi connectivity index (χ4n) is 1.72. The first-order valence-corrected chi connectivity index (χ1v) is 5.15. The SMILES string of the molecule is [CH2]C1COCCN1Cc1ccc(F)cc1. The average Bonchev–Trinajstić information content (AvgIpc) is 2.25. The number of morpholine rings is 1. The van der Waals surface area contributed by atoms with Crippen LogP contribution in [-0.2, 0) is 11.3 Å². The van der Waals surface area contributed by atoms with Gasteiger partial charge in [0, 0.05) is 19.1 Å². The van der Waals surface area contributed by atoms with Gasteiger partial charge in [-0.05, 0) is 24.6 Å². The zero-order chi connectivity index (χ0) is 10.7. The molecule has 2 nitrogen and oxygen atoms in total. The smallest absolute Gasteiger partial charge is 0.123 e. The topological polar surface area (TPSA) is 12.5 Å². The van der Waals surface area contributed by atoms with Crippen LogP contribution in [0.2, 0.25) is 0 Å². The van der Waals surface area contributed by atoms with Crippen LogP contribution in [0.3, 0.4) is 0 Å². The van der Waals surface area contributed by atoms with E-state index in [0.717, 1.165) is 25.3 Å². The highest BCUT2D eigenvalue weighted by Gasteiger charge is 2.18. The zero-order valence-corrected chi connectivity index (χ0v) is 8.66. The minimum Gasteiger partial charge on any atom is -0.378 e. The van der Waals surface area contributed by atoms with Gasteiger partial charge in [0.2, 0.25) is 0 Å². The van der Waals surface area contributed by atoms with Crippen molar-refractivity contribution < 1.29 is 9.13 Å². The molecule has 81 valence electrons. The van der Waals surface area contributed by atoms with Crippen molar-refractivity contribution in [2.45, 2.75) is 12.6 Å². The fourth-order valence-corrected chi connectivity index (χ4v) is 1.72. The van der Waals surface area contributed by atoms with E-state index in [1.54, 1.807) is 0 Å². The maximum atomic E-state index is 12.7. The molecule has 1 fully saturated rings. The summed E-state index contributed by atoms with van der Waals surface area (Å²) in [4.78, 5) is 2.25. The van der Waals surface area contributed by atoms with Gasteiger partial charge in [-0.15, -0.1) is 0 Å². The van der Waals surface area contributed by atoms with Crippen LogP contribution in [-0.4, -0.2) is 30.7 Å². The molecule has 1 aliphatic rings. The van der Waals surface area contributed by atoms with Crippen molar-refractivity contribution >= 4 is 0 Å². The van der Waals surface area contributed by atoms with Crippen LogP contribution in [0.1, 0.15) is 5.56 Å². The maximum Gasteiger partial charge on any atom is 0.123 e. The lowest BCUT2D eigenvalue weighted by atomic mass is 10.1. The Hall–Kier alpha value is -0.930. The van der Waals surface area contributed by atoms with Crippen LogP contribution in [0.15, 0.2) is 24.3 Å². The lowest BCUT2D eigenvalue weighted by Gasteiger charge is -2.33. The van der Waals surface area contributed by atoms with Crippen molar-refractivity contribution in [3.8, 4) is 0 Å². The van der Waals surface area contributed by atoms with E-state index in [1.165, 1.54) is 12.1 Å². The third-order valence-corrected chi connectivity index (χ3v) is 2.65. The number of benzene rings is 1. The van der Waals surface area contributed by atoms with Crippen molar-refractivity contribution in [1.82, 2.24) is 4.90 Å². The molecule has 3 heteroatoms. The number of nitrogens with zero attached hydrogens (tertiary/aromatic N) is 1. The average molecular weight is 208 g/mol. The van der Waals surface area contributed by atoms with Gasteiger partial charge in [-0.2, -0.15) is 0 Å². The molecule has 0 bridgehead atoms. The minimum absolute atomic E-state index is 0.188. The predicted octanol–water partition coefficient (Wildman–Crippen LogP) is 1.86. The molecule has 1 saturated heterocycles. The molecule has 15 heavy (non-hydrogen) atoms. The standard InChI is InChI=1S/C12H15FNO/c1-10-9-15-7-6-14(10)8-11-2-4-12(13)5-3-11/h2-5,10H,1,6-9H2. The predicted molar refractivity (Wildman–Crippen MR) is 56.8 cm³/mol. The molecule has 1 unspecified atom stereocenters. The molecule has 1 aliphatic heterocycles. The van der Waals surface area contributed by atoms with E-state index in [2.05, 4.69) is 11.8 Å². The maximum absolute atomic E-state index is 12.7. The van der Waals surface area contributed by atoms with Crippen molar-refractivity contribution in [1.29, 1.82) is 0 Å². The summed E-state index contributed by atoms with van der Waals surface area (Å²) >= 11 is 0. The zero-order valence-electron chi connectivity index (χ0n) is 8.66. The van der Waals surface area contributed by atoms with Crippen LogP contribution >= 0.6 is 0 Å². The summed E-state index contributed by atoms with van der Waals surface area (Å²) in [5.74, 6) is -0.188. The van der Waals surface area contributed by atoms with Gasteiger partial charge in [0.05, 0.1) is 13.2 Å². The summed E-state index contributed by atoms with van der Waals surface area (Å²) in [7, 11) is 0. The normalized spacial score (nSPS) is 22.9.